The van der Waals surface area contributed by atoms with Crippen molar-refractivity contribution in [2.75, 3.05) is 0 Å². The van der Waals surface area contributed by atoms with Gasteiger partial charge in [0.25, 0.3) is 0 Å². The molecule has 0 saturated carbocycles. The zero-order chi connectivity index (χ0) is 40.3. The van der Waals surface area contributed by atoms with Gasteiger partial charge in [-0.3, -0.25) is 4.99 Å². The molecule has 0 bridgehead atoms. The Hall–Kier alpha value is -7.88. The van der Waals surface area contributed by atoms with Crippen LogP contribution in [0.25, 0.3) is 76.8 Å². The molecule has 0 fully saturated rings. The van der Waals surface area contributed by atoms with Crippen LogP contribution in [0.2, 0.25) is 0 Å². The lowest BCUT2D eigenvalue weighted by Gasteiger charge is -2.14. The van der Waals surface area contributed by atoms with Gasteiger partial charge in [-0.25, -0.2) is 4.99 Å². The lowest BCUT2D eigenvalue weighted by molar-refractivity contribution is 1.06. The Labute approximate surface area is 350 Å². The smallest absolute Gasteiger partial charge is 0.157 e. The lowest BCUT2D eigenvalue weighted by Crippen LogP contribution is -2.16. The second-order valence-electron chi connectivity index (χ2n) is 15.1. The fourth-order valence-corrected chi connectivity index (χ4v) is 8.32. The van der Waals surface area contributed by atoms with Gasteiger partial charge in [-0.05, 0) is 88.5 Å². The number of amidine groups is 2. The second-order valence-corrected chi connectivity index (χ2v) is 15.1. The number of benzene rings is 10. The van der Waals surface area contributed by atoms with E-state index < -0.39 is 0 Å². The van der Waals surface area contributed by atoms with Gasteiger partial charge in [-0.15, -0.1) is 0 Å². The van der Waals surface area contributed by atoms with Crippen molar-refractivity contribution in [3.05, 3.63) is 241 Å². The first kappa shape index (κ1) is 36.5. The van der Waals surface area contributed by atoms with Crippen molar-refractivity contribution in [2.24, 2.45) is 15.7 Å². The van der Waals surface area contributed by atoms with Crippen molar-refractivity contribution < 1.29 is 0 Å². The highest BCUT2D eigenvalue weighted by molar-refractivity contribution is 6.20. The molecule has 0 heterocycles. The number of aliphatic imine (C=N–C) groups is 2. The Bertz CT molecular complexity index is 3180. The third-order valence-electron chi connectivity index (χ3n) is 11.4. The zero-order valence-electron chi connectivity index (χ0n) is 33.0. The molecule has 2 N–H and O–H groups in total. The maximum absolute atomic E-state index is 6.58. The van der Waals surface area contributed by atoms with Crippen molar-refractivity contribution in [3.63, 3.8) is 0 Å². The van der Waals surface area contributed by atoms with Gasteiger partial charge < -0.3 is 5.73 Å². The average Bonchev–Trinajstić information content (AvgIpc) is 3.33. The van der Waals surface area contributed by atoms with E-state index in [1.165, 1.54) is 54.6 Å². The highest BCUT2D eigenvalue weighted by Gasteiger charge is 2.13. The van der Waals surface area contributed by atoms with E-state index in [2.05, 4.69) is 188 Å². The summed E-state index contributed by atoms with van der Waals surface area (Å²) in [5.74, 6) is 1.02. The normalized spacial score (nSPS) is 12.0. The van der Waals surface area contributed by atoms with Gasteiger partial charge in [-0.2, -0.15) is 0 Å². The average molecular weight is 768 g/mol. The summed E-state index contributed by atoms with van der Waals surface area (Å²) in [5.41, 5.74) is 18.9. The molecule has 0 aromatic heterocycles. The molecule has 10 rings (SSSR count). The monoisotopic (exact) mass is 767 g/mol. The van der Waals surface area contributed by atoms with Gasteiger partial charge >= 0.3 is 0 Å². The molecule has 60 heavy (non-hydrogen) atoms. The maximum atomic E-state index is 6.58. The number of rotatable bonds is 8. The molecular weight excluding hydrogens is 727 g/mol. The molecule has 0 aliphatic heterocycles. The molecule has 0 spiro atoms. The standard InChI is InChI=1S/C57H41N3/c58-56(46-16-5-2-6-17-46)60-57(59-38-49-19-9-10-20-50(49)43-13-3-1-4-14-43)47-33-29-42(30-34-47)40-25-23-39(24-26-40)41-27-31-45(32-28-41)55-52-22-12-8-18-48(52)37-54-51-21-11-7-15-44(51)35-36-53(54)55/h1-37H,38H2,(H2,58,59,60). The third kappa shape index (κ3) is 7.25. The molecule has 0 aliphatic rings. The largest absolute Gasteiger partial charge is 0.383 e. The molecule has 3 nitrogen and oxygen atoms in total. The zero-order valence-corrected chi connectivity index (χ0v) is 33.0. The summed E-state index contributed by atoms with van der Waals surface area (Å²) < 4.78 is 0. The summed E-state index contributed by atoms with van der Waals surface area (Å²) in [5, 5.41) is 7.61. The molecular formula is C57H41N3. The molecule has 0 amide bonds. The van der Waals surface area contributed by atoms with Crippen LogP contribution in [0, 0.1) is 0 Å². The lowest BCUT2D eigenvalue weighted by atomic mass is 9.89. The summed E-state index contributed by atoms with van der Waals surface area (Å²) in [6.07, 6.45) is 0. The summed E-state index contributed by atoms with van der Waals surface area (Å²) >= 11 is 0. The van der Waals surface area contributed by atoms with Crippen LogP contribution in [-0.2, 0) is 6.54 Å². The molecule has 0 unspecified atom stereocenters. The van der Waals surface area contributed by atoms with Gasteiger partial charge in [0.05, 0.1) is 6.54 Å². The maximum Gasteiger partial charge on any atom is 0.157 e. The third-order valence-corrected chi connectivity index (χ3v) is 11.4. The van der Waals surface area contributed by atoms with Crippen molar-refractivity contribution in [1.29, 1.82) is 0 Å². The van der Waals surface area contributed by atoms with E-state index in [0.29, 0.717) is 18.2 Å². The first-order valence-corrected chi connectivity index (χ1v) is 20.4. The molecule has 0 saturated heterocycles. The van der Waals surface area contributed by atoms with E-state index in [9.17, 15) is 0 Å². The van der Waals surface area contributed by atoms with Crippen LogP contribution < -0.4 is 5.73 Å². The summed E-state index contributed by atoms with van der Waals surface area (Å²) in [4.78, 5) is 9.97. The van der Waals surface area contributed by atoms with Gasteiger partial charge in [0.2, 0.25) is 0 Å². The van der Waals surface area contributed by atoms with E-state index in [1.54, 1.807) is 0 Å². The Balaban J connectivity index is 0.931. The quantitative estimate of drug-likeness (QED) is 0.0712. The van der Waals surface area contributed by atoms with E-state index in [1.807, 2.05) is 36.4 Å². The van der Waals surface area contributed by atoms with E-state index in [4.69, 9.17) is 15.7 Å². The summed E-state index contributed by atoms with van der Waals surface area (Å²) in [7, 11) is 0. The predicted molar refractivity (Wildman–Crippen MR) is 255 cm³/mol. The van der Waals surface area contributed by atoms with Crippen LogP contribution in [0.4, 0.5) is 0 Å². The molecule has 10 aromatic carbocycles. The number of nitrogens with two attached hydrogens (primary N) is 1. The van der Waals surface area contributed by atoms with Gasteiger partial charge in [0.15, 0.2) is 5.84 Å². The van der Waals surface area contributed by atoms with E-state index in [-0.39, 0.29) is 0 Å². The van der Waals surface area contributed by atoms with Crippen molar-refractivity contribution in [3.8, 4) is 44.5 Å². The second kappa shape index (κ2) is 16.2. The molecule has 3 heteroatoms. The van der Waals surface area contributed by atoms with Crippen LogP contribution in [0.1, 0.15) is 16.7 Å². The van der Waals surface area contributed by atoms with Crippen LogP contribution in [0.15, 0.2) is 234 Å². The molecule has 284 valence electrons. The van der Waals surface area contributed by atoms with Crippen molar-refractivity contribution in [1.82, 2.24) is 0 Å². The van der Waals surface area contributed by atoms with Crippen LogP contribution >= 0.6 is 0 Å². The van der Waals surface area contributed by atoms with Gasteiger partial charge in [-0.1, -0.05) is 218 Å². The van der Waals surface area contributed by atoms with E-state index >= 15 is 0 Å². The molecule has 0 atom stereocenters. The number of hydrogen-bond donors (Lipinski definition) is 1. The Morgan fingerprint density at radius 1 is 0.367 bits per heavy atom. The Morgan fingerprint density at radius 2 is 0.900 bits per heavy atom. The topological polar surface area (TPSA) is 50.7 Å². The molecule has 0 radical (unpaired) electrons. The van der Waals surface area contributed by atoms with Crippen LogP contribution in [0.3, 0.4) is 0 Å². The minimum Gasteiger partial charge on any atom is -0.383 e. The number of fused-ring (bicyclic) bond motifs is 4. The van der Waals surface area contributed by atoms with Gasteiger partial charge in [0, 0.05) is 11.1 Å². The van der Waals surface area contributed by atoms with Crippen molar-refractivity contribution >= 4 is 44.0 Å². The first-order valence-electron chi connectivity index (χ1n) is 20.4. The van der Waals surface area contributed by atoms with Crippen LogP contribution in [0.5, 0.6) is 0 Å². The summed E-state index contributed by atoms with van der Waals surface area (Å²) in [6, 6.07) is 79.2. The van der Waals surface area contributed by atoms with Crippen molar-refractivity contribution in [2.45, 2.75) is 6.54 Å². The number of hydrogen-bond acceptors (Lipinski definition) is 1. The Morgan fingerprint density at radius 3 is 1.58 bits per heavy atom. The number of nitrogens with zero attached hydrogens (tertiary/aromatic N) is 2. The first-order chi connectivity index (χ1) is 29.7. The highest BCUT2D eigenvalue weighted by atomic mass is 15.0. The van der Waals surface area contributed by atoms with Crippen LogP contribution in [-0.4, -0.2) is 11.7 Å². The van der Waals surface area contributed by atoms with E-state index in [0.717, 1.165) is 38.9 Å². The minimum absolute atomic E-state index is 0.428. The minimum atomic E-state index is 0.428. The molecule has 10 aromatic rings. The fourth-order valence-electron chi connectivity index (χ4n) is 8.32. The Kier molecular flexibility index (Phi) is 9.82. The fraction of sp³-hybridized carbons (Fsp3) is 0.0175. The molecule has 0 aliphatic carbocycles. The highest BCUT2D eigenvalue weighted by Crippen LogP contribution is 2.40. The SMILES string of the molecule is N/C(=N\C(=N/Cc1ccccc1-c1ccccc1)c1ccc(-c2ccc(-c3ccc(-c4c5ccccc5cc5c4ccc4ccccc45)cc3)cc2)cc1)c1ccccc1. The van der Waals surface area contributed by atoms with Gasteiger partial charge in [0.1, 0.15) is 5.84 Å². The predicted octanol–water partition coefficient (Wildman–Crippen LogP) is 14.2. The summed E-state index contributed by atoms with van der Waals surface area (Å²) in [6.45, 7) is 0.464.